The molecule has 3 N–H and O–H groups in total. The molecule has 0 atom stereocenters. The second kappa shape index (κ2) is 5.91. The van der Waals surface area contributed by atoms with Gasteiger partial charge < -0.3 is 15.3 Å². The van der Waals surface area contributed by atoms with Crippen LogP contribution in [0.25, 0.3) is 0 Å². The summed E-state index contributed by atoms with van der Waals surface area (Å²) in [6, 6.07) is -0.613. The number of urea groups is 1. The van der Waals surface area contributed by atoms with Crippen LogP contribution in [0.5, 0.6) is 0 Å². The summed E-state index contributed by atoms with van der Waals surface area (Å²) in [7, 11) is 0. The molecule has 1 fully saturated rings. The number of amides is 3. The fraction of sp³-hybridized carbons (Fsp3) is 0.625. The van der Waals surface area contributed by atoms with Gasteiger partial charge in [0.15, 0.2) is 6.61 Å². The summed E-state index contributed by atoms with van der Waals surface area (Å²) in [5.74, 6) is -1.43. The Kier molecular flexibility index (Phi) is 4.52. The van der Waals surface area contributed by atoms with Gasteiger partial charge >= 0.3 is 12.0 Å². The molecule has 0 aromatic heterocycles. The van der Waals surface area contributed by atoms with E-state index in [1.165, 1.54) is 4.90 Å². The van der Waals surface area contributed by atoms with Crippen LogP contribution >= 0.6 is 0 Å². The molecule has 0 unspecified atom stereocenters. The zero-order valence-electron chi connectivity index (χ0n) is 8.56. The predicted octanol–water partition coefficient (Wildman–Crippen LogP) is -1.47. The lowest BCUT2D eigenvalue weighted by Crippen LogP contribution is -2.43. The largest absolute Gasteiger partial charge is 0.479 e. The predicted molar refractivity (Wildman–Crippen MR) is 51.3 cm³/mol. The van der Waals surface area contributed by atoms with Crippen molar-refractivity contribution in [1.82, 2.24) is 15.7 Å². The van der Waals surface area contributed by atoms with Crippen molar-refractivity contribution < 1.29 is 24.3 Å². The number of nitrogens with zero attached hydrogens (tertiary/aromatic N) is 1. The summed E-state index contributed by atoms with van der Waals surface area (Å²) in [6.07, 6.45) is 0.651. The molecule has 90 valence electrons. The number of carbonyl (C=O) groups is 3. The average Bonchev–Trinajstić information content (AvgIpc) is 2.42. The highest BCUT2D eigenvalue weighted by Gasteiger charge is 2.19. The maximum Gasteiger partial charge on any atom is 0.341 e. The lowest BCUT2D eigenvalue weighted by atomic mass is 10.4. The number of carboxylic acids is 1. The van der Waals surface area contributed by atoms with Crippen LogP contribution in [0.2, 0.25) is 0 Å². The molecule has 1 aliphatic rings. The van der Waals surface area contributed by atoms with Gasteiger partial charge in [0.25, 0.3) is 0 Å². The standard InChI is InChI=1S/C8H13N3O5/c12-6-4-11(3-1-2-9-6)8(15)10-16-5-7(13)14/h1-5H2,(H,9,12)(H,10,15)(H,13,14). The third kappa shape index (κ3) is 4.13. The van der Waals surface area contributed by atoms with Crippen molar-refractivity contribution in [2.24, 2.45) is 0 Å². The van der Waals surface area contributed by atoms with E-state index in [-0.39, 0.29) is 12.5 Å². The minimum absolute atomic E-state index is 0.0533. The molecule has 0 bridgehead atoms. The summed E-state index contributed by atoms with van der Waals surface area (Å²) in [6.45, 7) is 0.271. The number of rotatable bonds is 3. The van der Waals surface area contributed by atoms with Crippen LogP contribution in [0.1, 0.15) is 6.42 Å². The summed E-state index contributed by atoms with van der Waals surface area (Å²) >= 11 is 0. The highest BCUT2D eigenvalue weighted by atomic mass is 16.7. The Hall–Kier alpha value is -1.83. The monoisotopic (exact) mass is 231 g/mol. The lowest BCUT2D eigenvalue weighted by Gasteiger charge is -2.18. The minimum atomic E-state index is -1.19. The first-order chi connectivity index (χ1) is 7.59. The van der Waals surface area contributed by atoms with Gasteiger partial charge in [0.05, 0.1) is 0 Å². The number of aliphatic carboxylic acids is 1. The number of hydrogen-bond acceptors (Lipinski definition) is 4. The molecule has 0 radical (unpaired) electrons. The maximum atomic E-state index is 11.4. The zero-order valence-corrected chi connectivity index (χ0v) is 8.56. The van der Waals surface area contributed by atoms with E-state index >= 15 is 0 Å². The van der Waals surface area contributed by atoms with E-state index in [0.29, 0.717) is 19.5 Å². The Labute approximate surface area is 91.5 Å². The molecule has 0 aromatic rings. The number of carboxylic acid groups (broad SMARTS) is 1. The molecule has 0 spiro atoms. The summed E-state index contributed by atoms with van der Waals surface area (Å²) in [5.41, 5.74) is 1.96. The second-order valence-electron chi connectivity index (χ2n) is 3.21. The first-order valence-corrected chi connectivity index (χ1v) is 4.75. The maximum absolute atomic E-state index is 11.4. The van der Waals surface area contributed by atoms with Gasteiger partial charge in [0.1, 0.15) is 6.54 Å². The molecule has 0 saturated carbocycles. The van der Waals surface area contributed by atoms with Crippen LogP contribution in [-0.4, -0.2) is 54.2 Å². The fourth-order valence-corrected chi connectivity index (χ4v) is 1.20. The van der Waals surface area contributed by atoms with Crippen LogP contribution in [0, 0.1) is 0 Å². The van der Waals surface area contributed by atoms with Crippen LogP contribution in [0.15, 0.2) is 0 Å². The number of carbonyl (C=O) groups excluding carboxylic acids is 2. The first kappa shape index (κ1) is 12.2. The van der Waals surface area contributed by atoms with Crippen molar-refractivity contribution in [3.63, 3.8) is 0 Å². The highest BCUT2D eigenvalue weighted by molar-refractivity contribution is 5.84. The van der Waals surface area contributed by atoms with Gasteiger partial charge in [-0.15, -0.1) is 0 Å². The Morgan fingerprint density at radius 3 is 3.00 bits per heavy atom. The quantitative estimate of drug-likeness (QED) is 0.514. The third-order valence-electron chi connectivity index (χ3n) is 1.90. The number of hydroxylamine groups is 1. The molecule has 8 nitrogen and oxygen atoms in total. The summed E-state index contributed by atoms with van der Waals surface area (Å²) in [5, 5.41) is 10.9. The number of hydrogen-bond donors (Lipinski definition) is 3. The van der Waals surface area contributed by atoms with Crippen molar-refractivity contribution in [1.29, 1.82) is 0 Å². The first-order valence-electron chi connectivity index (χ1n) is 4.75. The topological polar surface area (TPSA) is 108 Å². The zero-order chi connectivity index (χ0) is 12.0. The van der Waals surface area contributed by atoms with Crippen LogP contribution in [0.4, 0.5) is 4.79 Å². The van der Waals surface area contributed by atoms with E-state index < -0.39 is 18.6 Å². The van der Waals surface area contributed by atoms with Gasteiger partial charge in [0, 0.05) is 13.1 Å². The summed E-state index contributed by atoms with van der Waals surface area (Å²) < 4.78 is 0. The Morgan fingerprint density at radius 2 is 2.31 bits per heavy atom. The van der Waals surface area contributed by atoms with Gasteiger partial charge in [-0.25, -0.2) is 15.1 Å². The molecule has 0 aromatic carbocycles. The molecule has 8 heteroatoms. The fourth-order valence-electron chi connectivity index (χ4n) is 1.20. The average molecular weight is 231 g/mol. The van der Waals surface area contributed by atoms with E-state index in [1.807, 2.05) is 5.48 Å². The third-order valence-corrected chi connectivity index (χ3v) is 1.90. The lowest BCUT2D eigenvalue weighted by molar-refractivity contribution is -0.144. The molecule has 1 aliphatic heterocycles. The van der Waals surface area contributed by atoms with Crippen molar-refractivity contribution in [3.8, 4) is 0 Å². The molecule has 0 aliphatic carbocycles. The van der Waals surface area contributed by atoms with Crippen LogP contribution < -0.4 is 10.8 Å². The molecular weight excluding hydrogens is 218 g/mol. The van der Waals surface area contributed by atoms with Crippen LogP contribution in [-0.2, 0) is 14.4 Å². The van der Waals surface area contributed by atoms with Crippen LogP contribution in [0.3, 0.4) is 0 Å². The van der Waals surface area contributed by atoms with Gasteiger partial charge in [-0.3, -0.25) is 9.63 Å². The normalized spacial score (nSPS) is 16.2. The minimum Gasteiger partial charge on any atom is -0.479 e. The van der Waals surface area contributed by atoms with Crippen molar-refractivity contribution in [2.75, 3.05) is 26.2 Å². The van der Waals surface area contributed by atoms with E-state index in [2.05, 4.69) is 10.2 Å². The molecule has 1 rings (SSSR count). The Morgan fingerprint density at radius 1 is 1.56 bits per heavy atom. The smallest absolute Gasteiger partial charge is 0.341 e. The Balaban J connectivity index is 2.34. The van der Waals surface area contributed by atoms with Crippen molar-refractivity contribution >= 4 is 17.9 Å². The highest BCUT2D eigenvalue weighted by Crippen LogP contribution is 1.96. The molecule has 1 saturated heterocycles. The molecule has 16 heavy (non-hydrogen) atoms. The van der Waals surface area contributed by atoms with E-state index in [4.69, 9.17) is 5.11 Å². The molecule has 1 heterocycles. The van der Waals surface area contributed by atoms with E-state index in [1.54, 1.807) is 0 Å². The van der Waals surface area contributed by atoms with Crippen molar-refractivity contribution in [2.45, 2.75) is 6.42 Å². The van der Waals surface area contributed by atoms with Gasteiger partial charge in [-0.1, -0.05) is 0 Å². The number of nitrogens with one attached hydrogen (secondary N) is 2. The Bertz CT molecular complexity index is 293. The SMILES string of the molecule is O=C(O)CONC(=O)N1CCCNC(=O)C1. The van der Waals surface area contributed by atoms with Gasteiger partial charge in [-0.2, -0.15) is 0 Å². The summed E-state index contributed by atoms with van der Waals surface area (Å²) in [4.78, 5) is 38.3. The molecule has 3 amide bonds. The van der Waals surface area contributed by atoms with E-state index in [9.17, 15) is 14.4 Å². The molecular formula is C8H13N3O5. The van der Waals surface area contributed by atoms with E-state index in [0.717, 1.165) is 0 Å². The second-order valence-corrected chi connectivity index (χ2v) is 3.21. The van der Waals surface area contributed by atoms with Gasteiger partial charge in [-0.05, 0) is 6.42 Å². The van der Waals surface area contributed by atoms with Crippen molar-refractivity contribution in [3.05, 3.63) is 0 Å². The van der Waals surface area contributed by atoms with Gasteiger partial charge in [0.2, 0.25) is 5.91 Å².